The maximum atomic E-state index is 11.4. The van der Waals surface area contributed by atoms with Gasteiger partial charge in [0.2, 0.25) is 5.91 Å². The number of aliphatic hydroxyl groups excluding tert-OH is 1. The minimum absolute atomic E-state index is 0.0742. The van der Waals surface area contributed by atoms with Crippen LogP contribution in [0.5, 0.6) is 0 Å². The van der Waals surface area contributed by atoms with E-state index in [0.717, 1.165) is 51.6 Å². The highest BCUT2D eigenvalue weighted by Crippen LogP contribution is 2.23. The number of rotatable bonds is 3. The molecule has 2 aliphatic rings. The third-order valence-corrected chi connectivity index (χ3v) is 3.99. The number of carbonyl (C=O) groups excluding carboxylic acids is 1. The Hall–Kier alpha value is -0.610. The van der Waals surface area contributed by atoms with Gasteiger partial charge in [0.05, 0.1) is 6.10 Å². The van der Waals surface area contributed by atoms with Crippen molar-refractivity contribution in [2.45, 2.75) is 57.1 Å². The lowest BCUT2D eigenvalue weighted by Gasteiger charge is -2.27. The summed E-state index contributed by atoms with van der Waals surface area (Å²) in [6.45, 7) is 1.83. The van der Waals surface area contributed by atoms with Crippen LogP contribution in [0.2, 0.25) is 0 Å². The second-order valence-electron chi connectivity index (χ2n) is 5.48. The van der Waals surface area contributed by atoms with Crippen molar-refractivity contribution in [1.29, 1.82) is 0 Å². The molecule has 2 fully saturated rings. The molecule has 1 saturated carbocycles. The van der Waals surface area contributed by atoms with Crippen molar-refractivity contribution in [3.8, 4) is 0 Å². The van der Waals surface area contributed by atoms with Crippen molar-refractivity contribution < 1.29 is 9.90 Å². The van der Waals surface area contributed by atoms with Crippen molar-refractivity contribution >= 4 is 5.91 Å². The van der Waals surface area contributed by atoms with Gasteiger partial charge < -0.3 is 15.7 Å². The van der Waals surface area contributed by atoms with E-state index in [1.807, 2.05) is 0 Å². The van der Waals surface area contributed by atoms with Gasteiger partial charge in [-0.2, -0.15) is 0 Å². The highest BCUT2D eigenvalue weighted by atomic mass is 16.3. The van der Waals surface area contributed by atoms with Crippen LogP contribution in [-0.2, 0) is 4.79 Å². The summed E-state index contributed by atoms with van der Waals surface area (Å²) in [6, 6.07) is 0.351. The van der Waals surface area contributed by atoms with Crippen LogP contribution in [0.25, 0.3) is 0 Å². The van der Waals surface area contributed by atoms with Gasteiger partial charge in [0.1, 0.15) is 0 Å². The maximum absolute atomic E-state index is 11.4. The summed E-state index contributed by atoms with van der Waals surface area (Å²) in [5.74, 6) is 0.865. The van der Waals surface area contributed by atoms with Crippen LogP contribution in [0.1, 0.15) is 44.9 Å². The van der Waals surface area contributed by atoms with Crippen LogP contribution in [-0.4, -0.2) is 36.2 Å². The molecule has 0 aromatic heterocycles. The summed E-state index contributed by atoms with van der Waals surface area (Å²) in [5, 5.41) is 15.9. The Bertz CT molecular complexity index is 250. The molecule has 0 aromatic rings. The molecule has 17 heavy (non-hydrogen) atoms. The number of hydrogen-bond donors (Lipinski definition) is 3. The molecule has 1 atom stereocenters. The molecule has 1 amide bonds. The predicted octanol–water partition coefficient (Wildman–Crippen LogP) is 0.796. The lowest BCUT2D eigenvalue weighted by atomic mass is 9.87. The molecular weight excluding hydrogens is 216 g/mol. The average Bonchev–Trinajstić information content (AvgIpc) is 2.53. The van der Waals surface area contributed by atoms with E-state index in [0.29, 0.717) is 18.4 Å². The van der Waals surface area contributed by atoms with Crippen LogP contribution >= 0.6 is 0 Å². The minimum atomic E-state index is -0.0742. The number of aliphatic hydroxyl groups is 1. The summed E-state index contributed by atoms with van der Waals surface area (Å²) in [7, 11) is 0. The zero-order valence-corrected chi connectivity index (χ0v) is 10.5. The van der Waals surface area contributed by atoms with Gasteiger partial charge in [0, 0.05) is 19.0 Å². The Labute approximate surface area is 103 Å². The van der Waals surface area contributed by atoms with Gasteiger partial charge in [-0.1, -0.05) is 0 Å². The largest absolute Gasteiger partial charge is 0.393 e. The number of hydrogen-bond acceptors (Lipinski definition) is 3. The van der Waals surface area contributed by atoms with Crippen molar-refractivity contribution in [2.24, 2.45) is 5.92 Å². The van der Waals surface area contributed by atoms with Crippen LogP contribution in [0.4, 0.5) is 0 Å². The first kappa shape index (κ1) is 12.8. The van der Waals surface area contributed by atoms with E-state index in [2.05, 4.69) is 10.6 Å². The zero-order chi connectivity index (χ0) is 12.1. The van der Waals surface area contributed by atoms with Crippen molar-refractivity contribution in [1.82, 2.24) is 10.6 Å². The van der Waals surface area contributed by atoms with Gasteiger partial charge in [0.25, 0.3) is 0 Å². The molecule has 0 radical (unpaired) electrons. The molecule has 4 nitrogen and oxygen atoms in total. The quantitative estimate of drug-likeness (QED) is 0.683. The average molecular weight is 240 g/mol. The summed E-state index contributed by atoms with van der Waals surface area (Å²) >= 11 is 0. The van der Waals surface area contributed by atoms with Crippen LogP contribution in [0.15, 0.2) is 0 Å². The standard InChI is InChI=1S/C13H24N2O2/c16-12-5-3-10(4-6-12)9-15-11-2-1-7-14-13(17)8-11/h10-12,15-16H,1-9H2,(H,14,17). The van der Waals surface area contributed by atoms with Crippen molar-refractivity contribution in [2.75, 3.05) is 13.1 Å². The number of nitrogens with one attached hydrogen (secondary N) is 2. The van der Waals surface area contributed by atoms with E-state index in [-0.39, 0.29) is 12.0 Å². The molecule has 0 aromatic carbocycles. The molecule has 98 valence electrons. The van der Waals surface area contributed by atoms with E-state index >= 15 is 0 Å². The van der Waals surface area contributed by atoms with E-state index < -0.39 is 0 Å². The molecule has 0 bridgehead atoms. The van der Waals surface area contributed by atoms with Gasteiger partial charge in [-0.3, -0.25) is 4.79 Å². The van der Waals surface area contributed by atoms with Gasteiger partial charge >= 0.3 is 0 Å². The van der Waals surface area contributed by atoms with Gasteiger partial charge in [-0.15, -0.1) is 0 Å². The van der Waals surface area contributed by atoms with Crippen LogP contribution in [0.3, 0.4) is 0 Å². The maximum Gasteiger partial charge on any atom is 0.221 e. The zero-order valence-electron chi connectivity index (χ0n) is 10.5. The molecule has 2 rings (SSSR count). The first-order valence-electron chi connectivity index (χ1n) is 6.92. The predicted molar refractivity (Wildman–Crippen MR) is 66.6 cm³/mol. The molecule has 3 N–H and O–H groups in total. The molecule has 1 heterocycles. The Kier molecular flexibility index (Phi) is 4.80. The van der Waals surface area contributed by atoms with E-state index in [4.69, 9.17) is 0 Å². The molecule has 0 spiro atoms. The molecule has 1 aliphatic heterocycles. The normalized spacial score (nSPS) is 35.1. The van der Waals surface area contributed by atoms with Crippen LogP contribution < -0.4 is 10.6 Å². The van der Waals surface area contributed by atoms with Crippen LogP contribution in [0, 0.1) is 5.92 Å². The Morgan fingerprint density at radius 3 is 2.76 bits per heavy atom. The SMILES string of the molecule is O=C1CC(NCC2CCC(O)CC2)CCCN1. The summed E-state index contributed by atoms with van der Waals surface area (Å²) in [4.78, 5) is 11.4. The molecule has 1 saturated heterocycles. The van der Waals surface area contributed by atoms with E-state index in [9.17, 15) is 9.90 Å². The summed E-state index contributed by atoms with van der Waals surface area (Å²) in [5.41, 5.74) is 0. The monoisotopic (exact) mass is 240 g/mol. The molecule has 1 unspecified atom stereocenters. The number of carbonyl (C=O) groups is 1. The Morgan fingerprint density at radius 2 is 2.00 bits per heavy atom. The second-order valence-corrected chi connectivity index (χ2v) is 5.48. The third kappa shape index (κ3) is 4.28. The number of amides is 1. The minimum Gasteiger partial charge on any atom is -0.393 e. The van der Waals surface area contributed by atoms with Crippen molar-refractivity contribution in [3.63, 3.8) is 0 Å². The smallest absolute Gasteiger partial charge is 0.221 e. The van der Waals surface area contributed by atoms with E-state index in [1.165, 1.54) is 0 Å². The first-order valence-corrected chi connectivity index (χ1v) is 6.92. The highest BCUT2D eigenvalue weighted by molar-refractivity contribution is 5.76. The Balaban J connectivity index is 1.68. The molecule has 4 heteroatoms. The molecule has 1 aliphatic carbocycles. The third-order valence-electron chi connectivity index (χ3n) is 3.99. The fraction of sp³-hybridized carbons (Fsp3) is 0.923. The van der Waals surface area contributed by atoms with Gasteiger partial charge in [0.15, 0.2) is 0 Å². The topological polar surface area (TPSA) is 61.4 Å². The summed E-state index contributed by atoms with van der Waals surface area (Å²) < 4.78 is 0. The fourth-order valence-corrected chi connectivity index (χ4v) is 2.83. The van der Waals surface area contributed by atoms with E-state index in [1.54, 1.807) is 0 Å². The lowest BCUT2D eigenvalue weighted by molar-refractivity contribution is -0.121. The second kappa shape index (κ2) is 6.36. The first-order chi connectivity index (χ1) is 8.24. The summed E-state index contributed by atoms with van der Waals surface area (Å²) in [6.07, 6.45) is 6.83. The van der Waals surface area contributed by atoms with Gasteiger partial charge in [-0.05, 0) is 51.0 Å². The molecular formula is C13H24N2O2. The highest BCUT2D eigenvalue weighted by Gasteiger charge is 2.21. The fourth-order valence-electron chi connectivity index (χ4n) is 2.83. The Morgan fingerprint density at radius 1 is 1.24 bits per heavy atom. The van der Waals surface area contributed by atoms with Gasteiger partial charge in [-0.25, -0.2) is 0 Å². The lowest BCUT2D eigenvalue weighted by Crippen LogP contribution is -2.37. The van der Waals surface area contributed by atoms with Crippen molar-refractivity contribution in [3.05, 3.63) is 0 Å².